The van der Waals surface area contributed by atoms with E-state index < -0.39 is 15.3 Å². The molecule has 1 saturated carbocycles. The summed E-state index contributed by atoms with van der Waals surface area (Å²) in [5.41, 5.74) is 5.68. The second kappa shape index (κ2) is 5.80. The number of hydrogen-bond acceptors (Lipinski definition) is 4. The first-order valence-corrected chi connectivity index (χ1v) is 7.59. The summed E-state index contributed by atoms with van der Waals surface area (Å²) in [6.45, 7) is 4.17. The lowest BCUT2D eigenvalue weighted by atomic mass is 10.0. The van der Waals surface area contributed by atoms with Crippen LogP contribution in [-0.4, -0.2) is 37.1 Å². The Bertz CT molecular complexity index is 388. The highest BCUT2D eigenvalue weighted by Crippen LogP contribution is 2.31. The van der Waals surface area contributed by atoms with E-state index >= 15 is 0 Å². The highest BCUT2D eigenvalue weighted by atomic mass is 32.2. The standard InChI is InChI=1S/C11H21N3O2S/c1-3-14(17(15,16)9(2)7-12)11-6-4-5-10(11)8-13/h9-11H,3-6,8,13H2,1-2H3. The van der Waals surface area contributed by atoms with E-state index in [1.807, 2.05) is 13.0 Å². The summed E-state index contributed by atoms with van der Waals surface area (Å²) >= 11 is 0. The number of nitrogens with zero attached hydrogens (tertiary/aromatic N) is 2. The maximum absolute atomic E-state index is 12.2. The summed E-state index contributed by atoms with van der Waals surface area (Å²) in [6.07, 6.45) is 2.85. The average molecular weight is 259 g/mol. The van der Waals surface area contributed by atoms with Gasteiger partial charge in [-0.3, -0.25) is 0 Å². The largest absolute Gasteiger partial charge is 0.330 e. The van der Waals surface area contributed by atoms with Crippen LogP contribution in [0.2, 0.25) is 0 Å². The zero-order valence-corrected chi connectivity index (χ0v) is 11.3. The molecule has 1 aliphatic carbocycles. The molecular formula is C11H21N3O2S. The van der Waals surface area contributed by atoms with Gasteiger partial charge in [-0.2, -0.15) is 9.57 Å². The zero-order chi connectivity index (χ0) is 13.1. The number of nitrogens with two attached hydrogens (primary N) is 1. The fourth-order valence-electron chi connectivity index (χ4n) is 2.54. The molecule has 3 atom stereocenters. The van der Waals surface area contributed by atoms with E-state index in [2.05, 4.69) is 0 Å². The van der Waals surface area contributed by atoms with Crippen LogP contribution in [0.1, 0.15) is 33.1 Å². The fraction of sp³-hybridized carbons (Fsp3) is 0.909. The normalized spacial score (nSPS) is 27.0. The number of rotatable bonds is 5. The summed E-state index contributed by atoms with van der Waals surface area (Å²) in [4.78, 5) is 0. The lowest BCUT2D eigenvalue weighted by Gasteiger charge is -2.31. The molecule has 0 aromatic rings. The molecule has 1 fully saturated rings. The van der Waals surface area contributed by atoms with Crippen LogP contribution in [0.5, 0.6) is 0 Å². The second-order valence-electron chi connectivity index (χ2n) is 4.51. The number of sulfonamides is 1. The minimum atomic E-state index is -3.51. The van der Waals surface area contributed by atoms with Gasteiger partial charge in [0.2, 0.25) is 10.0 Å². The van der Waals surface area contributed by atoms with Crippen LogP contribution < -0.4 is 5.73 Å². The summed E-state index contributed by atoms with van der Waals surface area (Å²) in [6, 6.07) is 1.79. The molecule has 0 amide bonds. The molecule has 5 nitrogen and oxygen atoms in total. The molecule has 0 radical (unpaired) electrons. The van der Waals surface area contributed by atoms with E-state index in [-0.39, 0.29) is 12.0 Å². The van der Waals surface area contributed by atoms with Gasteiger partial charge in [0.1, 0.15) is 0 Å². The topological polar surface area (TPSA) is 87.2 Å². The molecule has 0 bridgehead atoms. The molecule has 0 spiro atoms. The molecule has 17 heavy (non-hydrogen) atoms. The maximum Gasteiger partial charge on any atom is 0.230 e. The van der Waals surface area contributed by atoms with Crippen molar-refractivity contribution in [3.63, 3.8) is 0 Å². The monoisotopic (exact) mass is 259 g/mol. The van der Waals surface area contributed by atoms with E-state index in [0.29, 0.717) is 13.1 Å². The highest BCUT2D eigenvalue weighted by Gasteiger charge is 2.39. The Hall–Kier alpha value is -0.640. The van der Waals surface area contributed by atoms with Crippen molar-refractivity contribution in [1.82, 2.24) is 4.31 Å². The smallest absolute Gasteiger partial charge is 0.230 e. The molecule has 3 unspecified atom stereocenters. The van der Waals surface area contributed by atoms with Crippen LogP contribution in [0.25, 0.3) is 0 Å². The van der Waals surface area contributed by atoms with E-state index in [1.54, 1.807) is 0 Å². The van der Waals surface area contributed by atoms with E-state index in [9.17, 15) is 8.42 Å². The van der Waals surface area contributed by atoms with E-state index in [4.69, 9.17) is 11.0 Å². The third-order valence-corrected chi connectivity index (χ3v) is 5.74. The number of nitriles is 1. The Morgan fingerprint density at radius 3 is 2.65 bits per heavy atom. The quantitative estimate of drug-likeness (QED) is 0.786. The second-order valence-corrected chi connectivity index (χ2v) is 6.72. The Balaban J connectivity index is 2.96. The Kier molecular flexibility index (Phi) is 4.92. The lowest BCUT2D eigenvalue weighted by molar-refractivity contribution is 0.275. The van der Waals surface area contributed by atoms with E-state index in [0.717, 1.165) is 19.3 Å². The SMILES string of the molecule is CCN(C1CCCC1CN)S(=O)(=O)C(C)C#N. The van der Waals surface area contributed by atoms with Gasteiger partial charge in [-0.1, -0.05) is 13.3 Å². The van der Waals surface area contributed by atoms with Gasteiger partial charge >= 0.3 is 0 Å². The summed E-state index contributed by atoms with van der Waals surface area (Å²) in [5.74, 6) is 0.232. The highest BCUT2D eigenvalue weighted by molar-refractivity contribution is 7.90. The van der Waals surface area contributed by atoms with Gasteiger partial charge in [0.25, 0.3) is 0 Å². The Morgan fingerprint density at radius 1 is 1.53 bits per heavy atom. The van der Waals surface area contributed by atoms with Gasteiger partial charge in [-0.05, 0) is 32.2 Å². The van der Waals surface area contributed by atoms with Crippen molar-refractivity contribution in [3.05, 3.63) is 0 Å². The Morgan fingerprint density at radius 2 is 2.18 bits per heavy atom. The van der Waals surface area contributed by atoms with Crippen LogP contribution >= 0.6 is 0 Å². The minimum Gasteiger partial charge on any atom is -0.330 e. The number of hydrogen-bond donors (Lipinski definition) is 1. The molecule has 0 aromatic heterocycles. The third-order valence-electron chi connectivity index (χ3n) is 3.56. The van der Waals surface area contributed by atoms with Gasteiger partial charge < -0.3 is 5.73 Å². The van der Waals surface area contributed by atoms with Crippen molar-refractivity contribution in [2.75, 3.05) is 13.1 Å². The fourth-order valence-corrected chi connectivity index (χ4v) is 4.10. The molecule has 98 valence electrons. The van der Waals surface area contributed by atoms with Crippen molar-refractivity contribution >= 4 is 10.0 Å². The molecule has 0 saturated heterocycles. The minimum absolute atomic E-state index is 0.0224. The molecule has 0 aromatic carbocycles. The molecular weight excluding hydrogens is 238 g/mol. The average Bonchev–Trinajstić information content (AvgIpc) is 2.76. The molecule has 2 N–H and O–H groups in total. The van der Waals surface area contributed by atoms with Crippen LogP contribution in [0.4, 0.5) is 0 Å². The maximum atomic E-state index is 12.2. The van der Waals surface area contributed by atoms with Crippen LogP contribution in [0.3, 0.4) is 0 Å². The molecule has 1 rings (SSSR count). The lowest BCUT2D eigenvalue weighted by Crippen LogP contribution is -2.46. The first kappa shape index (κ1) is 14.4. The summed E-state index contributed by atoms with van der Waals surface area (Å²) in [7, 11) is -3.51. The van der Waals surface area contributed by atoms with Gasteiger partial charge in [0.15, 0.2) is 5.25 Å². The van der Waals surface area contributed by atoms with Crippen molar-refractivity contribution in [2.24, 2.45) is 11.7 Å². The first-order chi connectivity index (χ1) is 7.98. The zero-order valence-electron chi connectivity index (χ0n) is 10.5. The first-order valence-electron chi connectivity index (χ1n) is 6.09. The van der Waals surface area contributed by atoms with Crippen molar-refractivity contribution in [1.29, 1.82) is 5.26 Å². The van der Waals surface area contributed by atoms with Crippen molar-refractivity contribution in [2.45, 2.75) is 44.4 Å². The van der Waals surface area contributed by atoms with Gasteiger partial charge in [0.05, 0.1) is 6.07 Å². The predicted octanol–water partition coefficient (Wildman–Crippen LogP) is 0.678. The summed E-state index contributed by atoms with van der Waals surface area (Å²) < 4.78 is 25.9. The molecule has 6 heteroatoms. The predicted molar refractivity (Wildman–Crippen MR) is 66.6 cm³/mol. The van der Waals surface area contributed by atoms with Crippen LogP contribution in [0, 0.1) is 17.2 Å². The molecule has 0 aliphatic heterocycles. The summed E-state index contributed by atoms with van der Waals surface area (Å²) in [5, 5.41) is 7.82. The van der Waals surface area contributed by atoms with Gasteiger partial charge in [-0.25, -0.2) is 8.42 Å². The third kappa shape index (κ3) is 2.79. The Labute approximate surface area is 104 Å². The van der Waals surface area contributed by atoms with Crippen molar-refractivity contribution < 1.29 is 8.42 Å². The van der Waals surface area contributed by atoms with E-state index in [1.165, 1.54) is 11.2 Å². The van der Waals surface area contributed by atoms with Crippen LogP contribution in [0.15, 0.2) is 0 Å². The van der Waals surface area contributed by atoms with Crippen LogP contribution in [-0.2, 0) is 10.0 Å². The molecule has 1 aliphatic rings. The van der Waals surface area contributed by atoms with Gasteiger partial charge in [-0.15, -0.1) is 0 Å². The molecule has 0 heterocycles. The van der Waals surface area contributed by atoms with Crippen molar-refractivity contribution in [3.8, 4) is 6.07 Å². The van der Waals surface area contributed by atoms with Gasteiger partial charge in [0, 0.05) is 12.6 Å².